The highest BCUT2D eigenvalue weighted by molar-refractivity contribution is 6.34. The monoisotopic (exact) mass is 404 g/mol. The SMILES string of the molecule is CCCCC/C=C\C/C=C\C/C=C\C/C=C\CCCC(=O)OC1COB(O)OC1. The van der Waals surface area contributed by atoms with Gasteiger partial charge in [-0.2, -0.15) is 0 Å². The second-order valence-corrected chi connectivity index (χ2v) is 7.07. The minimum absolute atomic E-state index is 0.171. The van der Waals surface area contributed by atoms with Crippen molar-refractivity contribution in [3.05, 3.63) is 48.6 Å². The van der Waals surface area contributed by atoms with E-state index in [0.29, 0.717) is 6.42 Å². The Hall–Kier alpha value is -1.63. The first-order valence-corrected chi connectivity index (χ1v) is 10.9. The van der Waals surface area contributed by atoms with E-state index in [1.807, 2.05) is 0 Å². The number of rotatable bonds is 15. The Morgan fingerprint density at radius 2 is 1.41 bits per heavy atom. The van der Waals surface area contributed by atoms with Gasteiger partial charge in [0.05, 0.1) is 13.2 Å². The summed E-state index contributed by atoms with van der Waals surface area (Å²) in [5, 5.41) is 9.02. The second-order valence-electron chi connectivity index (χ2n) is 7.07. The Labute approximate surface area is 176 Å². The molecule has 1 saturated heterocycles. The first-order chi connectivity index (χ1) is 14.2. The third-order valence-electron chi connectivity index (χ3n) is 4.36. The third-order valence-corrected chi connectivity index (χ3v) is 4.36. The fourth-order valence-corrected chi connectivity index (χ4v) is 2.71. The second kappa shape index (κ2) is 18.4. The van der Waals surface area contributed by atoms with Gasteiger partial charge in [0.25, 0.3) is 0 Å². The molecule has 0 saturated carbocycles. The molecule has 0 aliphatic carbocycles. The predicted octanol–water partition coefficient (Wildman–Crippen LogP) is 5.07. The molecule has 6 heteroatoms. The van der Waals surface area contributed by atoms with Gasteiger partial charge in [-0.25, -0.2) is 0 Å². The van der Waals surface area contributed by atoms with Crippen molar-refractivity contribution in [3.8, 4) is 0 Å². The van der Waals surface area contributed by atoms with Gasteiger partial charge in [-0.05, 0) is 44.9 Å². The van der Waals surface area contributed by atoms with E-state index >= 15 is 0 Å². The van der Waals surface area contributed by atoms with Gasteiger partial charge in [0.1, 0.15) is 6.10 Å². The number of unbranched alkanes of at least 4 members (excludes halogenated alkanes) is 4. The van der Waals surface area contributed by atoms with E-state index in [1.165, 1.54) is 25.7 Å². The molecule has 0 unspecified atom stereocenters. The molecule has 29 heavy (non-hydrogen) atoms. The highest BCUT2D eigenvalue weighted by atomic mass is 16.7. The molecule has 0 aromatic carbocycles. The molecule has 5 nitrogen and oxygen atoms in total. The smallest absolute Gasteiger partial charge is 0.458 e. The maximum atomic E-state index is 11.7. The van der Waals surface area contributed by atoms with Crippen molar-refractivity contribution in [3.63, 3.8) is 0 Å². The molecule has 0 amide bonds. The van der Waals surface area contributed by atoms with E-state index in [2.05, 4.69) is 55.5 Å². The van der Waals surface area contributed by atoms with Crippen LogP contribution in [0.2, 0.25) is 0 Å². The molecule has 0 aromatic heterocycles. The maximum absolute atomic E-state index is 11.7. The fraction of sp³-hybridized carbons (Fsp3) is 0.609. The molecule has 1 fully saturated rings. The van der Waals surface area contributed by atoms with Gasteiger partial charge in [-0.3, -0.25) is 4.79 Å². The van der Waals surface area contributed by atoms with Gasteiger partial charge in [0, 0.05) is 6.42 Å². The van der Waals surface area contributed by atoms with E-state index in [0.717, 1.165) is 32.1 Å². The van der Waals surface area contributed by atoms with Gasteiger partial charge in [0.15, 0.2) is 0 Å². The lowest BCUT2D eigenvalue weighted by Gasteiger charge is -2.23. The van der Waals surface area contributed by atoms with Crippen molar-refractivity contribution in [1.82, 2.24) is 0 Å². The van der Waals surface area contributed by atoms with Crippen LogP contribution in [0.1, 0.15) is 71.1 Å². The highest BCUT2D eigenvalue weighted by Gasteiger charge is 2.28. The Kier molecular flexibility index (Phi) is 16.1. The molecule has 1 N–H and O–H groups in total. The number of hydrogen-bond donors (Lipinski definition) is 1. The zero-order valence-electron chi connectivity index (χ0n) is 17.8. The number of carbonyl (C=O) groups is 1. The lowest BCUT2D eigenvalue weighted by molar-refractivity contribution is -0.156. The Morgan fingerprint density at radius 1 is 0.897 bits per heavy atom. The Balaban J connectivity index is 1.92. The van der Waals surface area contributed by atoms with Crippen LogP contribution in [0.5, 0.6) is 0 Å². The van der Waals surface area contributed by atoms with Crippen LogP contribution in [0.4, 0.5) is 0 Å². The standard InChI is InChI=1S/C23H37BO5/c1-2-3-4-5-6-7-8-9-10-11-12-13-14-15-16-17-18-19-23(25)29-22-20-27-24(26)28-21-22/h6-7,9-10,12-13,15-16,22,26H,2-5,8,11,14,17-21H2,1H3/b7-6-,10-9-,13-12-,16-15-. The first kappa shape index (κ1) is 25.4. The molecule has 1 aliphatic heterocycles. The number of carbonyl (C=O) groups excluding carboxylic acids is 1. The van der Waals surface area contributed by atoms with E-state index in [4.69, 9.17) is 19.1 Å². The quantitative estimate of drug-likeness (QED) is 0.179. The van der Waals surface area contributed by atoms with Crippen molar-refractivity contribution in [2.24, 2.45) is 0 Å². The minimum atomic E-state index is -1.21. The summed E-state index contributed by atoms with van der Waals surface area (Å²) < 4.78 is 14.9. The summed E-state index contributed by atoms with van der Waals surface area (Å²) in [5.41, 5.74) is 0. The van der Waals surface area contributed by atoms with Gasteiger partial charge in [-0.15, -0.1) is 0 Å². The number of ether oxygens (including phenoxy) is 1. The molecule has 162 valence electrons. The number of hydrogen-bond acceptors (Lipinski definition) is 5. The molecule has 1 aliphatic rings. The first-order valence-electron chi connectivity index (χ1n) is 10.9. The predicted molar refractivity (Wildman–Crippen MR) is 118 cm³/mol. The normalized spacial score (nSPS) is 16.1. The molecule has 1 rings (SSSR count). The summed E-state index contributed by atoms with van der Waals surface area (Å²) in [7, 11) is -1.21. The largest absolute Gasteiger partial charge is 0.636 e. The van der Waals surface area contributed by atoms with Crippen LogP contribution in [0, 0.1) is 0 Å². The van der Waals surface area contributed by atoms with Crippen LogP contribution in [-0.4, -0.2) is 37.6 Å². The zero-order chi connectivity index (χ0) is 21.0. The van der Waals surface area contributed by atoms with Crippen LogP contribution in [0.15, 0.2) is 48.6 Å². The summed E-state index contributed by atoms with van der Waals surface area (Å²) in [6, 6.07) is 0. The van der Waals surface area contributed by atoms with Gasteiger partial charge in [-0.1, -0.05) is 68.4 Å². The molecule has 0 spiro atoms. The third kappa shape index (κ3) is 15.9. The van der Waals surface area contributed by atoms with Gasteiger partial charge in [0.2, 0.25) is 0 Å². The number of esters is 1. The Bertz CT molecular complexity index is 519. The maximum Gasteiger partial charge on any atom is 0.636 e. The number of allylic oxidation sites excluding steroid dienone is 8. The van der Waals surface area contributed by atoms with Gasteiger partial charge < -0.3 is 19.1 Å². The molecular formula is C23H37BO5. The summed E-state index contributed by atoms with van der Waals surface area (Å²) in [5.74, 6) is -0.255. The molecule has 0 radical (unpaired) electrons. The topological polar surface area (TPSA) is 65.0 Å². The molecule has 0 atom stereocenters. The van der Waals surface area contributed by atoms with Crippen molar-refractivity contribution in [2.45, 2.75) is 77.2 Å². The summed E-state index contributed by atoms with van der Waals surface area (Å²) in [6.45, 7) is 2.57. The van der Waals surface area contributed by atoms with E-state index in [9.17, 15) is 4.79 Å². The lowest BCUT2D eigenvalue weighted by Crippen LogP contribution is -2.41. The summed E-state index contributed by atoms with van der Waals surface area (Å²) in [6.07, 6.45) is 27.0. The van der Waals surface area contributed by atoms with Gasteiger partial charge >= 0.3 is 13.3 Å². The average molecular weight is 404 g/mol. The molecule has 1 heterocycles. The van der Waals surface area contributed by atoms with Crippen molar-refractivity contribution in [1.29, 1.82) is 0 Å². The highest BCUT2D eigenvalue weighted by Crippen LogP contribution is 2.07. The molecule has 0 bridgehead atoms. The van der Waals surface area contributed by atoms with Crippen molar-refractivity contribution < 1.29 is 23.9 Å². The Morgan fingerprint density at radius 3 is 1.97 bits per heavy atom. The van der Waals surface area contributed by atoms with Crippen LogP contribution in [0.25, 0.3) is 0 Å². The summed E-state index contributed by atoms with van der Waals surface area (Å²) in [4.78, 5) is 11.7. The zero-order valence-corrected chi connectivity index (χ0v) is 17.8. The van der Waals surface area contributed by atoms with E-state index in [-0.39, 0.29) is 19.2 Å². The van der Waals surface area contributed by atoms with E-state index < -0.39 is 13.4 Å². The molecule has 0 aromatic rings. The van der Waals surface area contributed by atoms with Crippen LogP contribution < -0.4 is 0 Å². The van der Waals surface area contributed by atoms with Crippen molar-refractivity contribution in [2.75, 3.05) is 13.2 Å². The van der Waals surface area contributed by atoms with Crippen LogP contribution in [-0.2, 0) is 18.8 Å². The van der Waals surface area contributed by atoms with Crippen molar-refractivity contribution >= 4 is 13.3 Å². The average Bonchev–Trinajstić information content (AvgIpc) is 2.72. The summed E-state index contributed by atoms with van der Waals surface area (Å²) >= 11 is 0. The lowest BCUT2D eigenvalue weighted by atomic mass is 10.2. The fourth-order valence-electron chi connectivity index (χ4n) is 2.71. The minimum Gasteiger partial charge on any atom is -0.458 e. The van der Waals surface area contributed by atoms with E-state index in [1.54, 1.807) is 0 Å². The van der Waals surface area contributed by atoms with Crippen LogP contribution in [0.3, 0.4) is 0 Å². The molecular weight excluding hydrogens is 367 g/mol. The van der Waals surface area contributed by atoms with Crippen LogP contribution >= 0.6 is 0 Å².